The minimum atomic E-state index is -0.851. The molecule has 0 heterocycles. The number of benzene rings is 4. The van der Waals surface area contributed by atoms with Gasteiger partial charge in [0.1, 0.15) is 13.2 Å². The van der Waals surface area contributed by atoms with Gasteiger partial charge in [0.15, 0.2) is 34.6 Å². The van der Waals surface area contributed by atoms with Crippen molar-refractivity contribution in [2.45, 2.75) is 66.7 Å². The molecule has 60 heavy (non-hydrogen) atoms. The summed E-state index contributed by atoms with van der Waals surface area (Å²) in [5.41, 5.74) is 6.10. The molecule has 12 heteroatoms. The van der Waals surface area contributed by atoms with Crippen LogP contribution in [0.4, 0.5) is 0 Å². The highest BCUT2D eigenvalue weighted by Crippen LogP contribution is 2.48. The van der Waals surface area contributed by atoms with E-state index in [1.165, 1.54) is 0 Å². The van der Waals surface area contributed by atoms with Gasteiger partial charge in [0.25, 0.3) is 0 Å². The van der Waals surface area contributed by atoms with Crippen LogP contribution in [0, 0.1) is 11.3 Å². The molecule has 0 amide bonds. The summed E-state index contributed by atoms with van der Waals surface area (Å²) in [6.45, 7) is 9.96. The van der Waals surface area contributed by atoms with Crippen molar-refractivity contribution in [2.75, 3.05) is 54.9 Å². The third kappa shape index (κ3) is 9.70. The van der Waals surface area contributed by atoms with E-state index in [1.807, 2.05) is 67.6 Å². The number of carbonyl (C=O) groups is 4. The Balaban J connectivity index is 0.000000228. The highest BCUT2D eigenvalue weighted by atomic mass is 16.6. The van der Waals surface area contributed by atoms with Gasteiger partial charge in [0.05, 0.1) is 53.0 Å². The molecule has 0 aliphatic heterocycles. The van der Waals surface area contributed by atoms with Gasteiger partial charge in [-0.2, -0.15) is 0 Å². The summed E-state index contributed by atoms with van der Waals surface area (Å²) in [5.74, 6) is 2.13. The van der Waals surface area contributed by atoms with E-state index in [2.05, 4.69) is 0 Å². The number of fused-ring (bicyclic) bond motifs is 2. The number of ketones is 2. The topological polar surface area (TPSA) is 142 Å². The fourth-order valence-corrected chi connectivity index (χ4v) is 7.25. The predicted octanol–water partition coefficient (Wildman–Crippen LogP) is 8.94. The van der Waals surface area contributed by atoms with Gasteiger partial charge in [0.2, 0.25) is 11.5 Å². The smallest absolute Gasteiger partial charge is 0.314 e. The maximum Gasteiger partial charge on any atom is 0.314 e. The molecular weight excluding hydrogens is 769 g/mol. The Labute approximate surface area is 352 Å². The molecule has 0 bridgehead atoms. The molecule has 4 aromatic carbocycles. The first-order chi connectivity index (χ1) is 28.8. The van der Waals surface area contributed by atoms with E-state index in [0.717, 1.165) is 50.9 Å². The largest absolute Gasteiger partial charge is 0.493 e. The number of hydrogen-bond donors (Lipinski definition) is 0. The summed E-state index contributed by atoms with van der Waals surface area (Å²) in [6.07, 6.45) is 3.16. The minimum Gasteiger partial charge on any atom is -0.493 e. The fourth-order valence-electron chi connectivity index (χ4n) is 7.25. The first kappa shape index (κ1) is 45.1. The van der Waals surface area contributed by atoms with Crippen LogP contribution in [0.5, 0.6) is 34.5 Å². The van der Waals surface area contributed by atoms with Crippen LogP contribution in [0.25, 0.3) is 22.3 Å². The van der Waals surface area contributed by atoms with E-state index in [-0.39, 0.29) is 36.7 Å². The Morgan fingerprint density at radius 1 is 0.600 bits per heavy atom. The standard InChI is InChI=1S/2C24H28O6/c1-6-29-23(26)24(2,3)14-30-21-18(11-13-20(27-4)22(21)28-5)15-8-7-9-17-16(15)10-12-19(17)25;1-5-13-29-24(26)15(2)14-30-22-19(10-12-21(27-3)23(22)28-4)16-7-6-8-18-17(16)9-11-20(18)25/h7-9,11,13H,6,10,12,14H2,1-5H3;6-8,10,12,15H,5,9,11,13-14H2,1-4H3/t;15-/m.1/s1. The van der Waals surface area contributed by atoms with E-state index < -0.39 is 11.3 Å². The maximum atomic E-state index is 12.3. The summed E-state index contributed by atoms with van der Waals surface area (Å²) < 4.78 is 44.8. The summed E-state index contributed by atoms with van der Waals surface area (Å²) >= 11 is 0. The molecule has 0 N–H and O–H groups in total. The Kier molecular flexibility index (Phi) is 15.2. The summed E-state index contributed by atoms with van der Waals surface area (Å²) in [7, 11) is 6.21. The van der Waals surface area contributed by atoms with Gasteiger partial charge in [-0.1, -0.05) is 43.3 Å². The number of methoxy groups -OCH3 is 4. The van der Waals surface area contributed by atoms with Gasteiger partial charge in [-0.3, -0.25) is 19.2 Å². The lowest BCUT2D eigenvalue weighted by Gasteiger charge is -2.25. The molecule has 12 nitrogen and oxygen atoms in total. The van der Waals surface area contributed by atoms with Crippen molar-refractivity contribution in [1.29, 1.82) is 0 Å². The van der Waals surface area contributed by atoms with Crippen molar-refractivity contribution in [2.24, 2.45) is 11.3 Å². The van der Waals surface area contributed by atoms with Crippen LogP contribution in [0.15, 0.2) is 60.7 Å². The monoisotopic (exact) mass is 824 g/mol. The maximum absolute atomic E-state index is 12.3. The quantitative estimate of drug-likeness (QED) is 0.0939. The molecule has 6 rings (SSSR count). The third-order valence-corrected chi connectivity index (χ3v) is 10.5. The summed E-state index contributed by atoms with van der Waals surface area (Å²) in [5, 5.41) is 0. The predicted molar refractivity (Wildman–Crippen MR) is 227 cm³/mol. The average Bonchev–Trinajstić information content (AvgIpc) is 3.84. The van der Waals surface area contributed by atoms with Gasteiger partial charge < -0.3 is 37.9 Å². The molecule has 2 aliphatic carbocycles. The van der Waals surface area contributed by atoms with Crippen molar-refractivity contribution in [1.82, 2.24) is 0 Å². The second-order valence-electron chi connectivity index (χ2n) is 15.1. The Hall–Kier alpha value is -6.04. The zero-order valence-electron chi connectivity index (χ0n) is 36.1. The van der Waals surface area contributed by atoms with Crippen LogP contribution < -0.4 is 28.4 Å². The van der Waals surface area contributed by atoms with Crippen LogP contribution in [-0.2, 0) is 31.9 Å². The van der Waals surface area contributed by atoms with Gasteiger partial charge in [-0.25, -0.2) is 0 Å². The molecule has 0 saturated carbocycles. The van der Waals surface area contributed by atoms with E-state index in [0.29, 0.717) is 73.4 Å². The zero-order valence-corrected chi connectivity index (χ0v) is 36.1. The molecule has 4 aromatic rings. The van der Waals surface area contributed by atoms with Crippen molar-refractivity contribution < 1.29 is 57.1 Å². The Bertz CT molecular complexity index is 2200. The molecule has 0 spiro atoms. The van der Waals surface area contributed by atoms with Crippen molar-refractivity contribution >= 4 is 23.5 Å². The van der Waals surface area contributed by atoms with Crippen molar-refractivity contribution in [3.8, 4) is 56.8 Å². The summed E-state index contributed by atoms with van der Waals surface area (Å²) in [6, 6.07) is 18.8. The number of ether oxygens (including phenoxy) is 8. The van der Waals surface area contributed by atoms with Gasteiger partial charge in [-0.15, -0.1) is 0 Å². The number of Topliss-reactive ketones (excluding diaryl/α,β-unsaturated/α-hetero) is 2. The normalized spacial score (nSPS) is 13.3. The fraction of sp³-hybridized carbons (Fsp3) is 0.417. The van der Waals surface area contributed by atoms with E-state index in [9.17, 15) is 19.2 Å². The second-order valence-corrected chi connectivity index (χ2v) is 15.1. The zero-order chi connectivity index (χ0) is 43.6. The van der Waals surface area contributed by atoms with Crippen LogP contribution in [0.2, 0.25) is 0 Å². The Morgan fingerprint density at radius 2 is 1.08 bits per heavy atom. The molecular formula is C48H56O12. The molecule has 0 unspecified atom stereocenters. The number of carbonyl (C=O) groups excluding carboxylic acids is 4. The highest BCUT2D eigenvalue weighted by molar-refractivity contribution is 6.03. The van der Waals surface area contributed by atoms with E-state index >= 15 is 0 Å². The lowest BCUT2D eigenvalue weighted by molar-refractivity contribution is -0.155. The molecule has 0 saturated heterocycles. The van der Waals surface area contributed by atoms with Crippen LogP contribution in [-0.4, -0.2) is 78.4 Å². The summed E-state index contributed by atoms with van der Waals surface area (Å²) in [4.78, 5) is 48.9. The lowest BCUT2D eigenvalue weighted by Crippen LogP contribution is -2.33. The number of hydrogen-bond acceptors (Lipinski definition) is 12. The molecule has 2 aliphatic rings. The van der Waals surface area contributed by atoms with E-state index in [1.54, 1.807) is 56.1 Å². The second kappa shape index (κ2) is 20.3. The molecule has 0 radical (unpaired) electrons. The van der Waals surface area contributed by atoms with Crippen LogP contribution in [0.3, 0.4) is 0 Å². The van der Waals surface area contributed by atoms with Crippen molar-refractivity contribution in [3.05, 3.63) is 82.9 Å². The average molecular weight is 825 g/mol. The Morgan fingerprint density at radius 3 is 1.53 bits per heavy atom. The highest BCUT2D eigenvalue weighted by Gasteiger charge is 2.33. The van der Waals surface area contributed by atoms with Gasteiger partial charge in [-0.05, 0) is 93.5 Å². The molecule has 1 atom stereocenters. The number of rotatable bonds is 17. The van der Waals surface area contributed by atoms with Gasteiger partial charge >= 0.3 is 11.9 Å². The SMILES string of the molecule is CCCOC(=O)[C@H](C)COc1c(-c2cccc3c2CCC3=O)ccc(OC)c1OC.CCOC(=O)C(C)(C)COc1c(-c2cccc3c2CCC3=O)ccc(OC)c1OC. The van der Waals surface area contributed by atoms with Crippen molar-refractivity contribution in [3.63, 3.8) is 0 Å². The van der Waals surface area contributed by atoms with Gasteiger partial charge in [0, 0.05) is 35.1 Å². The first-order valence-electron chi connectivity index (χ1n) is 20.3. The van der Waals surface area contributed by atoms with Crippen LogP contribution in [0.1, 0.15) is 85.7 Å². The molecule has 0 fully saturated rings. The number of esters is 2. The third-order valence-electron chi connectivity index (χ3n) is 10.5. The minimum absolute atomic E-state index is 0.0936. The van der Waals surface area contributed by atoms with E-state index in [4.69, 9.17) is 37.9 Å². The van der Waals surface area contributed by atoms with Crippen LogP contribution >= 0.6 is 0 Å². The lowest BCUT2D eigenvalue weighted by atomic mass is 9.94. The molecule has 0 aromatic heterocycles. The molecule has 320 valence electrons. The first-order valence-corrected chi connectivity index (χ1v) is 20.3.